The SMILES string of the molecule is C[C@@H](c1ccccc1)n1c(C(=O)NCc2cccc(F)c2)cc2sccc21. The van der Waals surface area contributed by atoms with Crippen LogP contribution < -0.4 is 5.32 Å². The topological polar surface area (TPSA) is 34.0 Å². The zero-order chi connectivity index (χ0) is 18.8. The fourth-order valence-corrected chi connectivity index (χ4v) is 4.15. The summed E-state index contributed by atoms with van der Waals surface area (Å²) in [6.07, 6.45) is 0. The quantitative estimate of drug-likeness (QED) is 0.497. The fourth-order valence-electron chi connectivity index (χ4n) is 3.34. The Balaban J connectivity index is 1.65. The van der Waals surface area contributed by atoms with Gasteiger partial charge in [0.05, 0.1) is 16.3 Å². The number of hydrogen-bond acceptors (Lipinski definition) is 2. The summed E-state index contributed by atoms with van der Waals surface area (Å²) in [4.78, 5) is 12.9. The highest BCUT2D eigenvalue weighted by atomic mass is 32.1. The van der Waals surface area contributed by atoms with Crippen molar-refractivity contribution < 1.29 is 9.18 Å². The van der Waals surface area contributed by atoms with Gasteiger partial charge in [-0.15, -0.1) is 11.3 Å². The molecule has 3 nitrogen and oxygen atoms in total. The third kappa shape index (κ3) is 3.51. The van der Waals surface area contributed by atoms with Gasteiger partial charge in [0.2, 0.25) is 0 Å². The first-order valence-electron chi connectivity index (χ1n) is 8.79. The van der Waals surface area contributed by atoms with Gasteiger partial charge in [0, 0.05) is 6.54 Å². The highest BCUT2D eigenvalue weighted by Crippen LogP contribution is 2.31. The van der Waals surface area contributed by atoms with Crippen molar-refractivity contribution in [3.63, 3.8) is 0 Å². The molecule has 27 heavy (non-hydrogen) atoms. The van der Waals surface area contributed by atoms with E-state index in [1.807, 2.05) is 35.7 Å². The first-order chi connectivity index (χ1) is 13.1. The predicted octanol–water partition coefficient (Wildman–Crippen LogP) is 5.38. The zero-order valence-corrected chi connectivity index (χ0v) is 15.7. The van der Waals surface area contributed by atoms with Crippen molar-refractivity contribution in [3.8, 4) is 0 Å². The number of thiophene rings is 1. The second-order valence-electron chi connectivity index (χ2n) is 6.47. The number of fused-ring (bicyclic) bond motifs is 1. The van der Waals surface area contributed by atoms with E-state index in [2.05, 4.69) is 28.9 Å². The van der Waals surface area contributed by atoms with Crippen LogP contribution in [-0.2, 0) is 6.54 Å². The minimum atomic E-state index is -0.302. The van der Waals surface area contributed by atoms with Gasteiger partial charge < -0.3 is 9.88 Å². The van der Waals surface area contributed by atoms with Crippen molar-refractivity contribution in [1.29, 1.82) is 0 Å². The van der Waals surface area contributed by atoms with Crippen LogP contribution in [-0.4, -0.2) is 10.5 Å². The van der Waals surface area contributed by atoms with Crippen LogP contribution in [0.15, 0.2) is 72.1 Å². The number of halogens is 1. The number of hydrogen-bond donors (Lipinski definition) is 1. The number of rotatable bonds is 5. The smallest absolute Gasteiger partial charge is 0.268 e. The van der Waals surface area contributed by atoms with Gasteiger partial charge in [-0.3, -0.25) is 4.79 Å². The summed E-state index contributed by atoms with van der Waals surface area (Å²) in [6, 6.07) is 20.4. The number of nitrogens with one attached hydrogen (secondary N) is 1. The van der Waals surface area contributed by atoms with E-state index in [0.717, 1.165) is 21.3 Å². The van der Waals surface area contributed by atoms with Gasteiger partial charge in [-0.1, -0.05) is 42.5 Å². The van der Waals surface area contributed by atoms with Crippen LogP contribution in [0, 0.1) is 5.82 Å². The van der Waals surface area contributed by atoms with Crippen molar-refractivity contribution in [2.75, 3.05) is 0 Å². The van der Waals surface area contributed by atoms with Crippen LogP contribution in [0.4, 0.5) is 4.39 Å². The van der Waals surface area contributed by atoms with Crippen molar-refractivity contribution in [3.05, 3.63) is 94.7 Å². The molecule has 0 radical (unpaired) electrons. The normalized spacial score (nSPS) is 12.2. The Labute approximate surface area is 161 Å². The Morgan fingerprint density at radius 1 is 1.11 bits per heavy atom. The average molecular weight is 378 g/mol. The average Bonchev–Trinajstić information content (AvgIpc) is 3.27. The summed E-state index contributed by atoms with van der Waals surface area (Å²) in [5.41, 5.74) is 3.54. The fraction of sp³-hybridized carbons (Fsp3) is 0.136. The van der Waals surface area contributed by atoms with Gasteiger partial charge in [0.1, 0.15) is 11.5 Å². The lowest BCUT2D eigenvalue weighted by Crippen LogP contribution is -2.26. The molecule has 4 rings (SSSR count). The first-order valence-corrected chi connectivity index (χ1v) is 9.67. The first kappa shape index (κ1) is 17.5. The van der Waals surface area contributed by atoms with Crippen LogP contribution in [0.25, 0.3) is 10.2 Å². The third-order valence-electron chi connectivity index (χ3n) is 4.70. The van der Waals surface area contributed by atoms with E-state index in [-0.39, 0.29) is 24.3 Å². The van der Waals surface area contributed by atoms with Crippen LogP contribution in [0.3, 0.4) is 0 Å². The second kappa shape index (κ2) is 7.37. The maximum absolute atomic E-state index is 13.4. The molecule has 0 aliphatic rings. The summed E-state index contributed by atoms with van der Waals surface area (Å²) in [5.74, 6) is -0.464. The number of amides is 1. The van der Waals surface area contributed by atoms with Gasteiger partial charge in [-0.05, 0) is 47.7 Å². The lowest BCUT2D eigenvalue weighted by Gasteiger charge is -2.19. The van der Waals surface area contributed by atoms with Crippen molar-refractivity contribution >= 4 is 27.5 Å². The molecule has 0 fully saturated rings. The van der Waals surface area contributed by atoms with E-state index in [4.69, 9.17) is 0 Å². The summed E-state index contributed by atoms with van der Waals surface area (Å²) < 4.78 is 16.5. The number of carbonyl (C=O) groups is 1. The summed E-state index contributed by atoms with van der Waals surface area (Å²) >= 11 is 1.62. The van der Waals surface area contributed by atoms with Crippen molar-refractivity contribution in [2.45, 2.75) is 19.5 Å². The Kier molecular flexibility index (Phi) is 4.77. The minimum absolute atomic E-state index is 0.0215. The molecule has 0 aliphatic carbocycles. The van der Waals surface area contributed by atoms with Crippen LogP contribution >= 0.6 is 11.3 Å². The molecule has 2 heterocycles. The number of carbonyl (C=O) groups excluding carboxylic acids is 1. The second-order valence-corrected chi connectivity index (χ2v) is 7.42. The highest BCUT2D eigenvalue weighted by Gasteiger charge is 2.21. The molecule has 1 atom stereocenters. The third-order valence-corrected chi connectivity index (χ3v) is 5.56. The number of nitrogens with zero attached hydrogens (tertiary/aromatic N) is 1. The van der Waals surface area contributed by atoms with Gasteiger partial charge in [-0.2, -0.15) is 0 Å². The molecule has 4 aromatic rings. The van der Waals surface area contributed by atoms with Crippen LogP contribution in [0.1, 0.15) is 34.6 Å². The molecular weight excluding hydrogens is 359 g/mol. The minimum Gasteiger partial charge on any atom is -0.347 e. The summed E-state index contributed by atoms with van der Waals surface area (Å²) in [6.45, 7) is 2.38. The standard InChI is InChI=1S/C22H19FN2OS/c1-15(17-7-3-2-4-8-17)25-19-10-11-27-21(19)13-20(25)22(26)24-14-16-6-5-9-18(23)12-16/h2-13,15H,14H2,1H3,(H,24,26)/t15-/m0/s1. The Hall–Kier alpha value is -2.92. The lowest BCUT2D eigenvalue weighted by atomic mass is 10.1. The molecule has 2 aromatic heterocycles. The van der Waals surface area contributed by atoms with E-state index >= 15 is 0 Å². The monoisotopic (exact) mass is 378 g/mol. The number of aromatic nitrogens is 1. The van der Waals surface area contributed by atoms with Crippen LogP contribution in [0.2, 0.25) is 0 Å². The molecule has 136 valence electrons. The molecule has 0 bridgehead atoms. The largest absolute Gasteiger partial charge is 0.347 e. The number of benzene rings is 2. The molecule has 0 unspecified atom stereocenters. The zero-order valence-electron chi connectivity index (χ0n) is 14.9. The Bertz CT molecular complexity index is 1080. The predicted molar refractivity (Wildman–Crippen MR) is 108 cm³/mol. The molecule has 1 N–H and O–H groups in total. The van der Waals surface area contributed by atoms with Gasteiger partial charge in [-0.25, -0.2) is 4.39 Å². The Morgan fingerprint density at radius 2 is 1.93 bits per heavy atom. The Morgan fingerprint density at radius 3 is 2.70 bits per heavy atom. The van der Waals surface area contributed by atoms with E-state index in [1.54, 1.807) is 23.5 Å². The molecule has 0 saturated carbocycles. The summed E-state index contributed by atoms with van der Waals surface area (Å²) in [5, 5.41) is 4.95. The molecule has 0 aliphatic heterocycles. The highest BCUT2D eigenvalue weighted by molar-refractivity contribution is 7.17. The molecular formula is C22H19FN2OS. The van der Waals surface area contributed by atoms with Crippen molar-refractivity contribution in [1.82, 2.24) is 9.88 Å². The maximum atomic E-state index is 13.4. The lowest BCUT2D eigenvalue weighted by molar-refractivity contribution is 0.0941. The van der Waals surface area contributed by atoms with E-state index < -0.39 is 0 Å². The molecule has 0 spiro atoms. The summed E-state index contributed by atoms with van der Waals surface area (Å²) in [7, 11) is 0. The van der Waals surface area contributed by atoms with Crippen molar-refractivity contribution in [2.24, 2.45) is 0 Å². The maximum Gasteiger partial charge on any atom is 0.268 e. The molecule has 0 saturated heterocycles. The van der Waals surface area contributed by atoms with E-state index in [9.17, 15) is 9.18 Å². The molecule has 1 amide bonds. The van der Waals surface area contributed by atoms with Gasteiger partial charge in [0.25, 0.3) is 5.91 Å². The van der Waals surface area contributed by atoms with Gasteiger partial charge in [0.15, 0.2) is 0 Å². The van der Waals surface area contributed by atoms with E-state index in [0.29, 0.717) is 5.69 Å². The van der Waals surface area contributed by atoms with Gasteiger partial charge >= 0.3 is 0 Å². The molecule has 5 heteroatoms. The molecule has 2 aromatic carbocycles. The van der Waals surface area contributed by atoms with E-state index in [1.165, 1.54) is 12.1 Å². The van der Waals surface area contributed by atoms with Crippen LogP contribution in [0.5, 0.6) is 0 Å².